The van der Waals surface area contributed by atoms with Gasteiger partial charge in [0.25, 0.3) is 0 Å². The second kappa shape index (κ2) is 14.7. The van der Waals surface area contributed by atoms with Crippen molar-refractivity contribution in [3.8, 4) is 0 Å². The minimum Gasteiger partial charge on any atom is -0.412 e. The first-order valence-corrected chi connectivity index (χ1v) is 12.0. The van der Waals surface area contributed by atoms with E-state index >= 15 is 0 Å². The molecule has 173 valence electrons. The summed E-state index contributed by atoms with van der Waals surface area (Å²) in [6.45, 7) is -0.817. The van der Waals surface area contributed by atoms with E-state index in [4.69, 9.17) is 20.3 Å². The summed E-state index contributed by atoms with van der Waals surface area (Å²) in [5, 5.41) is 20.8. The SMILES string of the molecule is CSc1nc(N)c2ncn([C@@H]3O[C@H](COP(=O)(O)OP(=O)(O)O)[C@@H](O)[C@H]3O)c2n1.O.[Na].[Na].[Na]. The van der Waals surface area contributed by atoms with Crippen molar-refractivity contribution in [2.45, 2.75) is 29.7 Å². The third-order valence-electron chi connectivity index (χ3n) is 3.83. The number of aliphatic hydroxyl groups excluding tert-OH is 2. The van der Waals surface area contributed by atoms with Gasteiger partial charge in [0.1, 0.15) is 23.8 Å². The number of imidazole rings is 1. The summed E-state index contributed by atoms with van der Waals surface area (Å²) in [5.41, 5.74) is 6.29. The summed E-state index contributed by atoms with van der Waals surface area (Å²) < 4.78 is 37.1. The van der Waals surface area contributed by atoms with Crippen LogP contribution in [0.4, 0.5) is 5.82 Å². The topological polar surface area (TPSA) is 264 Å². The van der Waals surface area contributed by atoms with Crippen LogP contribution in [0.15, 0.2) is 11.5 Å². The molecule has 3 rings (SSSR count). The third-order valence-corrected chi connectivity index (χ3v) is 6.53. The quantitative estimate of drug-likeness (QED) is 0.0853. The molecule has 0 aliphatic carbocycles. The van der Waals surface area contributed by atoms with E-state index in [0.717, 1.165) is 0 Å². The predicted molar refractivity (Wildman–Crippen MR) is 117 cm³/mol. The van der Waals surface area contributed by atoms with Gasteiger partial charge in [-0.05, 0) is 6.26 Å². The summed E-state index contributed by atoms with van der Waals surface area (Å²) >= 11 is 1.22. The molecule has 1 saturated heterocycles. The summed E-state index contributed by atoms with van der Waals surface area (Å²) in [6.07, 6.45) is -2.66. The van der Waals surface area contributed by atoms with Gasteiger partial charge < -0.3 is 40.8 Å². The Kier molecular flexibility index (Phi) is 16.4. The number of hydrogen-bond acceptors (Lipinski definition) is 12. The fourth-order valence-corrected chi connectivity index (χ4v) is 4.58. The number of nitrogens with two attached hydrogens (primary N) is 1. The second-order valence-electron chi connectivity index (χ2n) is 5.80. The van der Waals surface area contributed by atoms with E-state index in [1.165, 1.54) is 22.7 Å². The molecule has 0 bridgehead atoms. The van der Waals surface area contributed by atoms with Crippen LogP contribution in [-0.2, 0) is 22.7 Å². The van der Waals surface area contributed by atoms with Crippen molar-refractivity contribution in [3.63, 3.8) is 0 Å². The van der Waals surface area contributed by atoms with Gasteiger partial charge in [-0.25, -0.2) is 24.1 Å². The first kappa shape index (κ1) is 37.0. The van der Waals surface area contributed by atoms with Crippen LogP contribution in [0, 0.1) is 0 Å². The Labute approximate surface area is 257 Å². The van der Waals surface area contributed by atoms with Crippen LogP contribution in [0.2, 0.25) is 0 Å². The van der Waals surface area contributed by atoms with Crippen LogP contribution < -0.4 is 5.73 Å². The number of fused-ring (bicyclic) bond motifs is 1. The van der Waals surface area contributed by atoms with Crippen LogP contribution in [0.25, 0.3) is 11.2 Å². The minimum absolute atomic E-state index is 0. The molecular weight excluding hydrogens is 541 g/mol. The maximum absolute atomic E-state index is 11.5. The van der Waals surface area contributed by atoms with Gasteiger partial charge in [0, 0.05) is 88.7 Å². The molecular formula is C11H19N5Na3O11P2S. The van der Waals surface area contributed by atoms with Crippen LogP contribution in [-0.4, -0.2) is 170 Å². The number of rotatable bonds is 7. The van der Waals surface area contributed by atoms with E-state index in [9.17, 15) is 24.2 Å². The van der Waals surface area contributed by atoms with Gasteiger partial charge in [0.05, 0.1) is 12.9 Å². The molecule has 3 radical (unpaired) electrons. The number of phosphoric ester groups is 1. The van der Waals surface area contributed by atoms with E-state index in [1.54, 1.807) is 6.26 Å². The zero-order valence-electron chi connectivity index (χ0n) is 18.0. The van der Waals surface area contributed by atoms with E-state index < -0.39 is 46.8 Å². The normalized spacial score (nSPS) is 24.1. The molecule has 2 aromatic rings. The fraction of sp³-hybridized carbons (Fsp3) is 0.545. The van der Waals surface area contributed by atoms with Crippen LogP contribution in [0.5, 0.6) is 0 Å². The first-order chi connectivity index (χ1) is 13.4. The maximum atomic E-state index is 11.5. The summed E-state index contributed by atoms with van der Waals surface area (Å²) in [4.78, 5) is 38.8. The van der Waals surface area contributed by atoms with Crippen LogP contribution in [0.3, 0.4) is 0 Å². The van der Waals surface area contributed by atoms with Gasteiger partial charge in [-0.2, -0.15) is 4.31 Å². The molecule has 2 aromatic heterocycles. The average molecular weight is 560 g/mol. The zero-order valence-corrected chi connectivity index (χ0v) is 26.6. The number of ether oxygens (including phenoxy) is 1. The molecule has 1 aliphatic rings. The minimum atomic E-state index is -5.30. The number of thioether (sulfide) groups is 1. The molecule has 0 saturated carbocycles. The van der Waals surface area contributed by atoms with Gasteiger partial charge in [0.15, 0.2) is 22.8 Å². The molecule has 1 fully saturated rings. The van der Waals surface area contributed by atoms with Crippen molar-refractivity contribution in [1.82, 2.24) is 19.5 Å². The van der Waals surface area contributed by atoms with Crippen molar-refractivity contribution >= 4 is 133 Å². The summed E-state index contributed by atoms with van der Waals surface area (Å²) in [6, 6.07) is 0. The number of nitrogens with zero attached hydrogens (tertiary/aromatic N) is 4. The maximum Gasteiger partial charge on any atom is 0.481 e. The van der Waals surface area contributed by atoms with Crippen LogP contribution in [0.1, 0.15) is 6.23 Å². The van der Waals surface area contributed by atoms with E-state index in [-0.39, 0.29) is 111 Å². The zero-order chi connectivity index (χ0) is 21.6. The first-order valence-electron chi connectivity index (χ1n) is 7.71. The Morgan fingerprint density at radius 3 is 2.33 bits per heavy atom. The molecule has 0 amide bonds. The molecule has 1 unspecified atom stereocenters. The molecule has 16 nitrogen and oxygen atoms in total. The largest absolute Gasteiger partial charge is 0.481 e. The Bertz CT molecular complexity index is 1020. The van der Waals surface area contributed by atoms with Crippen molar-refractivity contribution in [3.05, 3.63) is 6.33 Å². The standard InChI is InChI=1S/C11H17N5O10P2S.3Na.H2O/c1-29-11-14-8(12)5-9(15-11)16(3-13-5)10-7(18)6(17)4(25-10)2-24-28(22,23)26-27(19,20)21;;;;/h3-4,6-7,10,17-18H,2H2,1H3,(H,22,23)(H2,12,14,15)(H2,19,20,21);;;;1H2/t4-,6-,7-,10-;;;;/m1..../s1. The van der Waals surface area contributed by atoms with E-state index in [0.29, 0.717) is 5.16 Å². The number of hydrogen-bond donors (Lipinski definition) is 6. The molecule has 3 heterocycles. The van der Waals surface area contributed by atoms with Crippen molar-refractivity contribution in [2.24, 2.45) is 0 Å². The number of phosphoric acid groups is 2. The Morgan fingerprint density at radius 2 is 1.79 bits per heavy atom. The van der Waals surface area contributed by atoms with E-state index in [2.05, 4.69) is 23.8 Å². The molecule has 0 spiro atoms. The second-order valence-corrected chi connectivity index (χ2v) is 9.41. The molecule has 22 heteroatoms. The van der Waals surface area contributed by atoms with Crippen molar-refractivity contribution in [1.29, 1.82) is 0 Å². The molecule has 1 aliphatic heterocycles. The number of nitrogen functional groups attached to an aromatic ring is 1. The van der Waals surface area contributed by atoms with Crippen LogP contribution >= 0.6 is 27.4 Å². The van der Waals surface area contributed by atoms with Crippen molar-refractivity contribution < 1.29 is 53.1 Å². The molecule has 0 aromatic carbocycles. The summed E-state index contributed by atoms with van der Waals surface area (Å²) in [5.74, 6) is 0.0989. The van der Waals surface area contributed by atoms with Crippen molar-refractivity contribution in [2.75, 3.05) is 18.6 Å². The molecule has 33 heavy (non-hydrogen) atoms. The van der Waals surface area contributed by atoms with Gasteiger partial charge in [0.2, 0.25) is 0 Å². The number of aliphatic hydroxyl groups is 2. The smallest absolute Gasteiger partial charge is 0.412 e. The van der Waals surface area contributed by atoms with Gasteiger partial charge in [-0.1, -0.05) is 11.8 Å². The van der Waals surface area contributed by atoms with Gasteiger partial charge >= 0.3 is 15.6 Å². The number of aromatic nitrogens is 4. The monoisotopic (exact) mass is 560 g/mol. The van der Waals surface area contributed by atoms with E-state index in [1.807, 2.05) is 0 Å². The summed E-state index contributed by atoms with van der Waals surface area (Å²) in [7, 11) is -10.4. The molecule has 9 N–H and O–H groups in total. The number of anilines is 1. The average Bonchev–Trinajstić information content (AvgIpc) is 3.13. The van der Waals surface area contributed by atoms with Gasteiger partial charge in [-0.3, -0.25) is 9.09 Å². The fourth-order valence-electron chi connectivity index (χ4n) is 2.62. The molecule has 5 atom stereocenters. The Hall–Kier alpha value is 1.80. The Morgan fingerprint density at radius 1 is 1.18 bits per heavy atom. The predicted octanol–water partition coefficient (Wildman–Crippen LogP) is -2.99. The van der Waals surface area contributed by atoms with Gasteiger partial charge in [-0.15, -0.1) is 0 Å². The Balaban J connectivity index is 0. The third kappa shape index (κ3) is 9.25.